The lowest BCUT2D eigenvalue weighted by Crippen LogP contribution is -2.29. The van der Waals surface area contributed by atoms with Crippen LogP contribution in [0.25, 0.3) is 28.2 Å². The standard InChI is InChI=1S/C31H30O9/c1-16(2)14-24(38-18(4)33)25-29-22(12-13-31(6,7)40-29)28(39-19(5)34)26-27(35)23(15-36-30(25)26)20-8-10-21(11-9-20)37-17(3)32/h8-13,15,24H,1,14H2,2-7H3/t24-/m1/s1. The molecular formula is C31H30O9. The van der Waals surface area contributed by atoms with Crippen LogP contribution in [0.2, 0.25) is 0 Å². The van der Waals surface area contributed by atoms with Crippen LogP contribution in [0.3, 0.4) is 0 Å². The SMILES string of the molecule is C=C(C)C[C@@H](OC(C)=O)c1c2c(c(OC(C)=O)c3c(=O)c(-c4ccc(OC(C)=O)cc4)coc13)C=CC(C)(C)O2. The van der Waals surface area contributed by atoms with E-state index in [1.807, 2.05) is 13.8 Å². The summed E-state index contributed by atoms with van der Waals surface area (Å²) in [6.07, 6.45) is 4.10. The maximum atomic E-state index is 14.1. The highest BCUT2D eigenvalue weighted by atomic mass is 16.6. The predicted molar refractivity (Wildman–Crippen MR) is 148 cm³/mol. The maximum absolute atomic E-state index is 14.1. The third-order valence-electron chi connectivity index (χ3n) is 6.05. The van der Waals surface area contributed by atoms with Crippen molar-refractivity contribution in [3.8, 4) is 28.4 Å². The monoisotopic (exact) mass is 546 g/mol. The van der Waals surface area contributed by atoms with E-state index in [0.29, 0.717) is 22.4 Å². The number of fused-ring (bicyclic) bond motifs is 2. The summed E-state index contributed by atoms with van der Waals surface area (Å²) < 4.78 is 28.8. The van der Waals surface area contributed by atoms with Gasteiger partial charge in [-0.2, -0.15) is 0 Å². The van der Waals surface area contributed by atoms with E-state index in [0.717, 1.165) is 5.57 Å². The van der Waals surface area contributed by atoms with Gasteiger partial charge < -0.3 is 23.4 Å². The third kappa shape index (κ3) is 5.83. The van der Waals surface area contributed by atoms with Gasteiger partial charge in [-0.15, -0.1) is 0 Å². The summed E-state index contributed by atoms with van der Waals surface area (Å²) in [6, 6.07) is 6.31. The highest BCUT2D eigenvalue weighted by Crippen LogP contribution is 2.49. The smallest absolute Gasteiger partial charge is 0.308 e. The number of ether oxygens (including phenoxy) is 4. The van der Waals surface area contributed by atoms with Crippen molar-refractivity contribution >= 4 is 35.0 Å². The molecule has 0 bridgehead atoms. The first kappa shape index (κ1) is 28.4. The fourth-order valence-corrected chi connectivity index (χ4v) is 4.53. The number of hydrogen-bond acceptors (Lipinski definition) is 9. The Morgan fingerprint density at radius 3 is 2.20 bits per heavy atom. The van der Waals surface area contributed by atoms with E-state index in [9.17, 15) is 19.2 Å². The number of hydrogen-bond donors (Lipinski definition) is 0. The van der Waals surface area contributed by atoms with Crippen LogP contribution in [0.5, 0.6) is 17.2 Å². The number of rotatable bonds is 7. The van der Waals surface area contributed by atoms with E-state index in [4.69, 9.17) is 23.4 Å². The first-order chi connectivity index (χ1) is 18.8. The predicted octanol–water partition coefficient (Wildman–Crippen LogP) is 6.07. The van der Waals surface area contributed by atoms with Gasteiger partial charge in [-0.25, -0.2) is 0 Å². The first-order valence-corrected chi connectivity index (χ1v) is 12.6. The van der Waals surface area contributed by atoms with Crippen LogP contribution < -0.4 is 19.6 Å². The second-order valence-corrected chi connectivity index (χ2v) is 10.2. The molecule has 9 nitrogen and oxygen atoms in total. The Morgan fingerprint density at radius 2 is 1.62 bits per heavy atom. The lowest BCUT2D eigenvalue weighted by Gasteiger charge is -2.32. The molecule has 0 N–H and O–H groups in total. The summed E-state index contributed by atoms with van der Waals surface area (Å²) in [7, 11) is 0. The van der Waals surface area contributed by atoms with Crippen molar-refractivity contribution in [3.05, 3.63) is 70.1 Å². The molecule has 0 unspecified atom stereocenters. The fraction of sp³-hybridized carbons (Fsp3) is 0.290. The maximum Gasteiger partial charge on any atom is 0.308 e. The second-order valence-electron chi connectivity index (χ2n) is 10.2. The molecule has 1 aliphatic rings. The molecule has 2 heterocycles. The van der Waals surface area contributed by atoms with Crippen molar-refractivity contribution in [1.29, 1.82) is 0 Å². The molecule has 4 rings (SSSR count). The lowest BCUT2D eigenvalue weighted by molar-refractivity contribution is -0.146. The van der Waals surface area contributed by atoms with Crippen molar-refractivity contribution < 1.29 is 37.7 Å². The van der Waals surface area contributed by atoms with E-state index in [2.05, 4.69) is 6.58 Å². The highest BCUT2D eigenvalue weighted by Gasteiger charge is 2.36. The molecule has 0 aliphatic carbocycles. The zero-order valence-corrected chi connectivity index (χ0v) is 23.2. The van der Waals surface area contributed by atoms with Gasteiger partial charge in [0.2, 0.25) is 5.43 Å². The molecule has 1 aromatic heterocycles. The Labute approximate surface area is 231 Å². The van der Waals surface area contributed by atoms with Crippen LogP contribution in [0.4, 0.5) is 0 Å². The van der Waals surface area contributed by atoms with Gasteiger partial charge in [0.1, 0.15) is 34.9 Å². The van der Waals surface area contributed by atoms with E-state index in [-0.39, 0.29) is 34.5 Å². The minimum atomic E-state index is -0.906. The summed E-state index contributed by atoms with van der Waals surface area (Å²) in [5.74, 6) is -1.12. The van der Waals surface area contributed by atoms with Gasteiger partial charge in [-0.05, 0) is 50.6 Å². The zero-order valence-electron chi connectivity index (χ0n) is 23.2. The van der Waals surface area contributed by atoms with Crippen molar-refractivity contribution in [2.24, 2.45) is 0 Å². The van der Waals surface area contributed by atoms with Crippen LogP contribution >= 0.6 is 0 Å². The Morgan fingerprint density at radius 1 is 0.975 bits per heavy atom. The Hall–Kier alpha value is -4.66. The van der Waals surface area contributed by atoms with Gasteiger partial charge in [0, 0.05) is 27.2 Å². The van der Waals surface area contributed by atoms with Crippen molar-refractivity contribution in [2.45, 2.75) is 59.7 Å². The molecule has 0 amide bonds. The van der Waals surface area contributed by atoms with E-state index in [1.54, 1.807) is 43.3 Å². The molecule has 1 aliphatic heterocycles. The fourth-order valence-electron chi connectivity index (χ4n) is 4.53. The van der Waals surface area contributed by atoms with Crippen molar-refractivity contribution in [1.82, 2.24) is 0 Å². The van der Waals surface area contributed by atoms with Crippen LogP contribution in [-0.2, 0) is 19.1 Å². The minimum absolute atomic E-state index is 0.0164. The summed E-state index contributed by atoms with van der Waals surface area (Å²) in [5.41, 5.74) is 0.829. The molecule has 3 aromatic rings. The van der Waals surface area contributed by atoms with Gasteiger partial charge in [0.25, 0.3) is 0 Å². The quantitative estimate of drug-likeness (QED) is 0.198. The number of carbonyl (C=O) groups is 3. The van der Waals surface area contributed by atoms with E-state index >= 15 is 0 Å². The first-order valence-electron chi connectivity index (χ1n) is 12.6. The Kier molecular flexibility index (Phi) is 7.68. The van der Waals surface area contributed by atoms with Gasteiger partial charge in [0.05, 0.1) is 16.7 Å². The topological polar surface area (TPSA) is 118 Å². The van der Waals surface area contributed by atoms with Crippen LogP contribution in [0.15, 0.2) is 58.0 Å². The normalized spacial score (nSPS) is 14.1. The zero-order chi connectivity index (χ0) is 29.4. The number of esters is 3. The van der Waals surface area contributed by atoms with Crippen LogP contribution in [-0.4, -0.2) is 23.5 Å². The van der Waals surface area contributed by atoms with E-state index in [1.165, 1.54) is 27.0 Å². The number of benzene rings is 2. The van der Waals surface area contributed by atoms with Gasteiger partial charge in [-0.3, -0.25) is 19.2 Å². The largest absolute Gasteiger partial charge is 0.482 e. The average molecular weight is 547 g/mol. The Balaban J connectivity index is 2.09. The van der Waals surface area contributed by atoms with Crippen molar-refractivity contribution in [3.63, 3.8) is 0 Å². The van der Waals surface area contributed by atoms with Crippen molar-refractivity contribution in [2.75, 3.05) is 0 Å². The summed E-state index contributed by atoms with van der Waals surface area (Å²) >= 11 is 0. The molecule has 40 heavy (non-hydrogen) atoms. The Bertz CT molecular complexity index is 1610. The molecule has 0 spiro atoms. The minimum Gasteiger partial charge on any atom is -0.482 e. The molecular weight excluding hydrogens is 516 g/mol. The molecule has 0 saturated carbocycles. The summed E-state index contributed by atoms with van der Waals surface area (Å²) in [4.78, 5) is 49.8. The second kappa shape index (κ2) is 10.8. The molecule has 9 heteroatoms. The highest BCUT2D eigenvalue weighted by molar-refractivity contribution is 5.98. The molecule has 2 aromatic carbocycles. The third-order valence-corrected chi connectivity index (χ3v) is 6.05. The summed E-state index contributed by atoms with van der Waals surface area (Å²) in [5, 5.41) is -0.0164. The summed E-state index contributed by atoms with van der Waals surface area (Å²) in [6.45, 7) is 13.2. The van der Waals surface area contributed by atoms with Crippen LogP contribution in [0, 0.1) is 0 Å². The lowest BCUT2D eigenvalue weighted by atomic mass is 9.91. The molecule has 208 valence electrons. The molecule has 0 saturated heterocycles. The van der Waals surface area contributed by atoms with Gasteiger partial charge in [0.15, 0.2) is 11.3 Å². The average Bonchev–Trinajstić information content (AvgIpc) is 2.82. The molecule has 0 radical (unpaired) electrons. The molecule has 0 fully saturated rings. The number of carbonyl (C=O) groups excluding carboxylic acids is 3. The van der Waals surface area contributed by atoms with E-state index < -0.39 is 35.0 Å². The van der Waals surface area contributed by atoms with Crippen LogP contribution in [0.1, 0.15) is 65.2 Å². The van der Waals surface area contributed by atoms with Gasteiger partial charge >= 0.3 is 17.9 Å². The van der Waals surface area contributed by atoms with Gasteiger partial charge in [-0.1, -0.05) is 24.3 Å². The molecule has 1 atom stereocenters.